The molecule has 0 aliphatic carbocycles. The Morgan fingerprint density at radius 2 is 1.83 bits per heavy atom. The summed E-state index contributed by atoms with van der Waals surface area (Å²) in [5, 5.41) is 3.30. The van der Waals surface area contributed by atoms with E-state index in [1.807, 2.05) is 6.92 Å². The van der Waals surface area contributed by atoms with Crippen LogP contribution in [0.5, 0.6) is 0 Å². The molecule has 1 fully saturated rings. The lowest BCUT2D eigenvalue weighted by molar-refractivity contribution is -0.159. The van der Waals surface area contributed by atoms with Crippen molar-refractivity contribution in [3.05, 3.63) is 64.4 Å². The predicted molar refractivity (Wildman–Crippen MR) is 112 cm³/mol. The molecule has 8 heteroatoms. The molecule has 1 N–H and O–H groups in total. The molecule has 1 aliphatic rings. The number of amides is 3. The highest BCUT2D eigenvalue weighted by Gasteiger charge is 2.38. The van der Waals surface area contributed by atoms with Gasteiger partial charge in [0.15, 0.2) is 0 Å². The minimum Gasteiger partial charge on any atom is -0.328 e. The van der Waals surface area contributed by atoms with Crippen molar-refractivity contribution in [2.45, 2.75) is 32.9 Å². The van der Waals surface area contributed by atoms with Crippen LogP contribution in [0.4, 0.5) is 10.1 Å². The van der Waals surface area contributed by atoms with Crippen LogP contribution in [0.2, 0.25) is 5.02 Å². The average molecular weight is 432 g/mol. The number of aryl methyl sites for hydroxylation is 1. The lowest BCUT2D eigenvalue weighted by Gasteiger charge is -2.37. The third-order valence-corrected chi connectivity index (χ3v) is 5.39. The Morgan fingerprint density at radius 1 is 1.13 bits per heavy atom. The molecule has 1 atom stereocenters. The van der Waals surface area contributed by atoms with Crippen LogP contribution in [0, 0.1) is 12.7 Å². The number of nitrogens with zero attached hydrogens (tertiary/aromatic N) is 2. The number of nitrogens with one attached hydrogen (secondary N) is 1. The average Bonchev–Trinajstić information content (AvgIpc) is 2.72. The van der Waals surface area contributed by atoms with Crippen LogP contribution in [-0.4, -0.2) is 46.7 Å². The minimum absolute atomic E-state index is 0.212. The molecule has 0 unspecified atom stereocenters. The minimum atomic E-state index is -0.771. The van der Waals surface area contributed by atoms with Crippen LogP contribution in [0.1, 0.15) is 24.5 Å². The third kappa shape index (κ3) is 4.79. The number of carbonyl (C=O) groups is 3. The zero-order valence-corrected chi connectivity index (χ0v) is 17.6. The van der Waals surface area contributed by atoms with Gasteiger partial charge in [-0.2, -0.15) is 0 Å². The molecule has 0 radical (unpaired) electrons. The molecule has 0 saturated carbocycles. The van der Waals surface area contributed by atoms with Crippen molar-refractivity contribution < 1.29 is 18.8 Å². The van der Waals surface area contributed by atoms with E-state index in [-0.39, 0.29) is 24.8 Å². The SMILES string of the molecule is CC[C@@H](C(=O)Nc1cc(Cl)ccc1C)N1CCN(Cc2ccc(F)cc2)C(=O)C1=O. The number of benzene rings is 2. The van der Waals surface area contributed by atoms with Crippen LogP contribution >= 0.6 is 11.6 Å². The quantitative estimate of drug-likeness (QED) is 0.713. The predicted octanol–water partition coefficient (Wildman–Crippen LogP) is 3.38. The second-order valence-electron chi connectivity index (χ2n) is 7.22. The summed E-state index contributed by atoms with van der Waals surface area (Å²) < 4.78 is 13.1. The van der Waals surface area contributed by atoms with Gasteiger partial charge in [0.1, 0.15) is 11.9 Å². The van der Waals surface area contributed by atoms with Crippen LogP contribution in [-0.2, 0) is 20.9 Å². The van der Waals surface area contributed by atoms with Gasteiger partial charge in [0.2, 0.25) is 5.91 Å². The Labute approximate surface area is 179 Å². The maximum absolute atomic E-state index is 13.1. The zero-order chi connectivity index (χ0) is 21.8. The number of hydrogen-bond acceptors (Lipinski definition) is 3. The standard InChI is InChI=1S/C22H23ClFN3O3/c1-3-19(20(28)25-18-12-16(23)7-4-14(18)2)27-11-10-26(21(29)22(27)30)13-15-5-8-17(24)9-6-15/h4-9,12,19H,3,10-11,13H2,1-2H3,(H,25,28)/t19-/m0/s1. The highest BCUT2D eigenvalue weighted by molar-refractivity contribution is 6.36. The van der Waals surface area contributed by atoms with Crippen molar-refractivity contribution in [1.82, 2.24) is 9.80 Å². The van der Waals surface area contributed by atoms with E-state index in [0.29, 0.717) is 23.7 Å². The largest absolute Gasteiger partial charge is 0.328 e. The van der Waals surface area contributed by atoms with Crippen LogP contribution in [0.25, 0.3) is 0 Å². The molecule has 158 valence electrons. The number of piperazine rings is 1. The Hall–Kier alpha value is -2.93. The fraction of sp³-hybridized carbons (Fsp3) is 0.318. The van der Waals surface area contributed by atoms with Gasteiger partial charge in [-0.1, -0.05) is 36.7 Å². The summed E-state index contributed by atoms with van der Waals surface area (Å²) in [7, 11) is 0. The summed E-state index contributed by atoms with van der Waals surface area (Å²) in [5.74, 6) is -2.11. The van der Waals surface area contributed by atoms with Crippen LogP contribution in [0.3, 0.4) is 0 Å². The molecule has 1 aliphatic heterocycles. The van der Waals surface area contributed by atoms with Gasteiger partial charge in [0.25, 0.3) is 0 Å². The van der Waals surface area contributed by atoms with Gasteiger partial charge in [-0.25, -0.2) is 4.39 Å². The van der Waals surface area contributed by atoms with Gasteiger partial charge in [0.05, 0.1) is 0 Å². The van der Waals surface area contributed by atoms with Gasteiger partial charge >= 0.3 is 11.8 Å². The molecule has 6 nitrogen and oxygen atoms in total. The van der Waals surface area contributed by atoms with Crippen molar-refractivity contribution in [2.75, 3.05) is 18.4 Å². The fourth-order valence-electron chi connectivity index (χ4n) is 3.44. The molecular formula is C22H23ClFN3O3. The van der Waals surface area contributed by atoms with E-state index < -0.39 is 17.9 Å². The molecule has 30 heavy (non-hydrogen) atoms. The summed E-state index contributed by atoms with van der Waals surface area (Å²) in [6.45, 7) is 4.38. The van der Waals surface area contributed by atoms with Crippen molar-refractivity contribution >= 4 is 35.0 Å². The molecule has 0 spiro atoms. The first-order valence-corrected chi connectivity index (χ1v) is 10.1. The second kappa shape index (κ2) is 9.26. The number of rotatable bonds is 6. The van der Waals surface area contributed by atoms with E-state index in [2.05, 4.69) is 5.32 Å². The summed E-state index contributed by atoms with van der Waals surface area (Å²) in [4.78, 5) is 40.9. The van der Waals surface area contributed by atoms with Gasteiger partial charge in [-0.15, -0.1) is 0 Å². The van der Waals surface area contributed by atoms with E-state index >= 15 is 0 Å². The Bertz CT molecular complexity index is 965. The summed E-state index contributed by atoms with van der Waals surface area (Å²) >= 11 is 6.01. The van der Waals surface area contributed by atoms with Crippen molar-refractivity contribution in [3.8, 4) is 0 Å². The zero-order valence-electron chi connectivity index (χ0n) is 16.8. The van der Waals surface area contributed by atoms with Crippen LogP contribution < -0.4 is 5.32 Å². The molecule has 1 heterocycles. The van der Waals surface area contributed by atoms with Gasteiger partial charge in [-0.05, 0) is 48.7 Å². The Kier molecular flexibility index (Phi) is 6.72. The van der Waals surface area contributed by atoms with Gasteiger partial charge in [-0.3, -0.25) is 14.4 Å². The first-order chi connectivity index (χ1) is 14.3. The number of anilines is 1. The van der Waals surface area contributed by atoms with Gasteiger partial charge < -0.3 is 15.1 Å². The lowest BCUT2D eigenvalue weighted by atomic mass is 10.1. The normalized spacial score (nSPS) is 15.3. The Balaban J connectivity index is 1.69. The van der Waals surface area contributed by atoms with E-state index in [1.54, 1.807) is 37.3 Å². The van der Waals surface area contributed by atoms with E-state index in [9.17, 15) is 18.8 Å². The fourth-order valence-corrected chi connectivity index (χ4v) is 3.61. The van der Waals surface area contributed by atoms with Crippen molar-refractivity contribution in [3.63, 3.8) is 0 Å². The maximum atomic E-state index is 13.1. The number of carbonyl (C=O) groups excluding carboxylic acids is 3. The monoisotopic (exact) mass is 431 g/mol. The second-order valence-corrected chi connectivity index (χ2v) is 7.66. The number of hydrogen-bond donors (Lipinski definition) is 1. The molecule has 1 saturated heterocycles. The molecular weight excluding hydrogens is 409 g/mol. The smallest absolute Gasteiger partial charge is 0.312 e. The number of halogens is 2. The molecule has 3 amide bonds. The van der Waals surface area contributed by atoms with Gasteiger partial charge in [0, 0.05) is 30.3 Å². The first kappa shape index (κ1) is 21.8. The highest BCUT2D eigenvalue weighted by Crippen LogP contribution is 2.22. The third-order valence-electron chi connectivity index (χ3n) is 5.15. The topological polar surface area (TPSA) is 69.7 Å². The van der Waals surface area contributed by atoms with E-state index in [0.717, 1.165) is 11.1 Å². The van der Waals surface area contributed by atoms with E-state index in [4.69, 9.17) is 11.6 Å². The lowest BCUT2D eigenvalue weighted by Crippen LogP contribution is -2.59. The molecule has 2 aromatic carbocycles. The van der Waals surface area contributed by atoms with Crippen molar-refractivity contribution in [1.29, 1.82) is 0 Å². The Morgan fingerprint density at radius 3 is 2.50 bits per heavy atom. The molecule has 3 rings (SSSR count). The first-order valence-electron chi connectivity index (χ1n) is 9.71. The van der Waals surface area contributed by atoms with Crippen molar-refractivity contribution in [2.24, 2.45) is 0 Å². The summed E-state index contributed by atoms with van der Waals surface area (Å²) in [6.07, 6.45) is 0.364. The maximum Gasteiger partial charge on any atom is 0.312 e. The summed E-state index contributed by atoms with van der Waals surface area (Å²) in [6, 6.07) is 10.2. The van der Waals surface area contributed by atoms with E-state index in [1.165, 1.54) is 21.9 Å². The molecule has 0 aromatic heterocycles. The van der Waals surface area contributed by atoms with Crippen LogP contribution in [0.15, 0.2) is 42.5 Å². The molecule has 0 bridgehead atoms. The molecule has 2 aromatic rings. The highest BCUT2D eigenvalue weighted by atomic mass is 35.5. The summed E-state index contributed by atoms with van der Waals surface area (Å²) in [5.41, 5.74) is 2.14.